The number of hydrogen-bond donors (Lipinski definition) is 1. The number of rotatable bonds is 18. The molecule has 0 saturated heterocycles. The van der Waals surface area contributed by atoms with Crippen LogP contribution in [0.3, 0.4) is 0 Å². The van der Waals surface area contributed by atoms with E-state index in [1.165, 1.54) is 44.9 Å². The molecule has 26 heavy (non-hydrogen) atoms. The quantitative estimate of drug-likeness (QED) is 0.166. The molecular weight excluding hydrogens is 359 g/mol. The molecule has 0 unspecified atom stereocenters. The zero-order chi connectivity index (χ0) is 18.8. The number of hydrogen-bond acceptors (Lipinski definition) is 4. The van der Waals surface area contributed by atoms with Crippen LogP contribution in [0.2, 0.25) is 0 Å². The Kier molecular flexibility index (Phi) is 22.6. The van der Waals surface area contributed by atoms with Crippen LogP contribution in [-0.4, -0.2) is 29.9 Å². The molecule has 6 heteroatoms. The van der Waals surface area contributed by atoms with E-state index in [1.807, 2.05) is 6.08 Å². The zero-order valence-corrected chi connectivity index (χ0v) is 19.9. The van der Waals surface area contributed by atoms with Crippen LogP contribution >= 0.6 is 0 Å². The van der Waals surface area contributed by atoms with E-state index in [2.05, 4.69) is 13.0 Å². The van der Waals surface area contributed by atoms with Crippen molar-refractivity contribution in [2.24, 2.45) is 0 Å². The summed E-state index contributed by atoms with van der Waals surface area (Å²) in [6.07, 6.45) is 20.3. The van der Waals surface area contributed by atoms with E-state index in [9.17, 15) is 18.1 Å². The normalized spacial score (nSPS) is 13.0. The van der Waals surface area contributed by atoms with Crippen LogP contribution in [0.25, 0.3) is 0 Å². The standard InChI is InChI=1S/C20H40O4S.Na/c1-2-3-17-20(21)18-15-13-11-9-7-5-4-6-8-10-12-14-16-19-25(22,23)24;/h15,18,20-21H,2-14,16-17,19H2,1H3,(H,22,23,24);/q;+1/p-1/b18-15-;/t20-;/m1./s1. The Morgan fingerprint density at radius 1 is 0.846 bits per heavy atom. The molecule has 4 nitrogen and oxygen atoms in total. The predicted octanol–water partition coefficient (Wildman–Crippen LogP) is 2.32. The molecule has 1 N–H and O–H groups in total. The SMILES string of the molecule is CCCC[C@@H](O)/C=C\CCCCCCCCCCCCCS(=O)(=O)[O-].[Na+]. The Bertz CT molecular complexity index is 410. The first-order valence-corrected chi connectivity index (χ1v) is 11.8. The fraction of sp³-hybridized carbons (Fsp3) is 0.900. The minimum Gasteiger partial charge on any atom is -0.748 e. The zero-order valence-electron chi connectivity index (χ0n) is 17.1. The molecule has 0 fully saturated rings. The number of unbranched alkanes of at least 4 members (excludes halogenated alkanes) is 12. The van der Waals surface area contributed by atoms with Crippen LogP contribution in [0.5, 0.6) is 0 Å². The van der Waals surface area contributed by atoms with E-state index >= 15 is 0 Å². The molecule has 0 rings (SSSR count). The van der Waals surface area contributed by atoms with Gasteiger partial charge in [-0.2, -0.15) is 0 Å². The van der Waals surface area contributed by atoms with Crippen molar-refractivity contribution < 1.29 is 47.6 Å². The summed E-state index contributed by atoms with van der Waals surface area (Å²) in [5.41, 5.74) is 0. The number of allylic oxidation sites excluding steroid dienone is 1. The first-order chi connectivity index (χ1) is 12.0. The molecule has 0 heterocycles. The molecular formula is C20H39NaO4S. The van der Waals surface area contributed by atoms with Gasteiger partial charge in [0.2, 0.25) is 0 Å². The van der Waals surface area contributed by atoms with Gasteiger partial charge in [0.1, 0.15) is 0 Å². The van der Waals surface area contributed by atoms with Crippen molar-refractivity contribution in [1.29, 1.82) is 0 Å². The Balaban J connectivity index is 0. The molecule has 0 aromatic rings. The molecule has 0 aromatic heterocycles. The van der Waals surface area contributed by atoms with Gasteiger partial charge in [0, 0.05) is 5.75 Å². The number of aliphatic hydroxyl groups is 1. The third kappa shape index (κ3) is 24.6. The van der Waals surface area contributed by atoms with Gasteiger partial charge in [-0.25, -0.2) is 8.42 Å². The smallest absolute Gasteiger partial charge is 0.748 e. The Morgan fingerprint density at radius 3 is 1.77 bits per heavy atom. The second kappa shape index (κ2) is 20.3. The summed E-state index contributed by atoms with van der Waals surface area (Å²) < 4.78 is 31.3. The molecule has 0 aliphatic rings. The molecule has 150 valence electrons. The van der Waals surface area contributed by atoms with Gasteiger partial charge in [-0.1, -0.05) is 89.7 Å². The average Bonchev–Trinajstić information content (AvgIpc) is 2.55. The third-order valence-corrected chi connectivity index (χ3v) is 5.27. The number of aliphatic hydroxyl groups excluding tert-OH is 1. The van der Waals surface area contributed by atoms with E-state index in [0.29, 0.717) is 6.42 Å². The fourth-order valence-corrected chi connectivity index (χ4v) is 3.45. The van der Waals surface area contributed by atoms with Gasteiger partial charge in [-0.3, -0.25) is 0 Å². The minimum atomic E-state index is -4.02. The van der Waals surface area contributed by atoms with Gasteiger partial charge in [-0.15, -0.1) is 0 Å². The molecule has 0 aliphatic heterocycles. The molecule has 1 atom stereocenters. The average molecular weight is 399 g/mol. The van der Waals surface area contributed by atoms with Crippen LogP contribution < -0.4 is 29.6 Å². The second-order valence-corrected chi connectivity index (χ2v) is 8.60. The molecule has 0 saturated carbocycles. The van der Waals surface area contributed by atoms with Gasteiger partial charge < -0.3 is 9.66 Å². The molecule has 0 spiro atoms. The first kappa shape index (κ1) is 28.8. The van der Waals surface area contributed by atoms with Crippen LogP contribution in [0, 0.1) is 0 Å². The van der Waals surface area contributed by atoms with Crippen molar-refractivity contribution in [2.75, 3.05) is 5.75 Å². The van der Waals surface area contributed by atoms with E-state index < -0.39 is 10.1 Å². The van der Waals surface area contributed by atoms with E-state index in [1.54, 1.807) is 0 Å². The van der Waals surface area contributed by atoms with Crippen molar-refractivity contribution in [1.82, 2.24) is 0 Å². The summed E-state index contributed by atoms with van der Waals surface area (Å²) in [7, 11) is -4.02. The third-order valence-electron chi connectivity index (χ3n) is 4.48. The summed E-state index contributed by atoms with van der Waals surface area (Å²) in [5.74, 6) is -0.208. The maximum atomic E-state index is 10.4. The van der Waals surface area contributed by atoms with Crippen LogP contribution in [0.15, 0.2) is 12.2 Å². The van der Waals surface area contributed by atoms with Crippen LogP contribution in [0.1, 0.15) is 103 Å². The summed E-state index contributed by atoms with van der Waals surface area (Å²) in [6.45, 7) is 2.14. The summed E-state index contributed by atoms with van der Waals surface area (Å²) in [5, 5.41) is 9.68. The van der Waals surface area contributed by atoms with Gasteiger partial charge >= 0.3 is 29.6 Å². The second-order valence-electron chi connectivity index (χ2n) is 7.08. The van der Waals surface area contributed by atoms with E-state index in [-0.39, 0.29) is 41.4 Å². The van der Waals surface area contributed by atoms with Crippen molar-refractivity contribution >= 4 is 10.1 Å². The summed E-state index contributed by atoms with van der Waals surface area (Å²) in [6, 6.07) is 0. The molecule has 0 amide bonds. The van der Waals surface area contributed by atoms with Gasteiger partial charge in [0.25, 0.3) is 0 Å². The van der Waals surface area contributed by atoms with E-state index in [0.717, 1.165) is 44.9 Å². The van der Waals surface area contributed by atoms with Crippen LogP contribution in [-0.2, 0) is 10.1 Å². The largest absolute Gasteiger partial charge is 1.00 e. The van der Waals surface area contributed by atoms with Crippen LogP contribution in [0.4, 0.5) is 0 Å². The predicted molar refractivity (Wildman–Crippen MR) is 105 cm³/mol. The Morgan fingerprint density at radius 2 is 1.31 bits per heavy atom. The topological polar surface area (TPSA) is 77.4 Å². The van der Waals surface area contributed by atoms with Crippen molar-refractivity contribution in [3.8, 4) is 0 Å². The maximum absolute atomic E-state index is 10.4. The summed E-state index contributed by atoms with van der Waals surface area (Å²) >= 11 is 0. The van der Waals surface area contributed by atoms with Gasteiger partial charge in [0.05, 0.1) is 16.2 Å². The van der Waals surface area contributed by atoms with Crippen molar-refractivity contribution in [3.05, 3.63) is 12.2 Å². The van der Waals surface area contributed by atoms with Crippen molar-refractivity contribution in [3.63, 3.8) is 0 Å². The molecule has 0 aromatic carbocycles. The molecule has 0 bridgehead atoms. The Labute approximate surface area is 184 Å². The first-order valence-electron chi connectivity index (χ1n) is 10.2. The van der Waals surface area contributed by atoms with Gasteiger partial charge in [0.15, 0.2) is 0 Å². The molecule has 0 aliphatic carbocycles. The van der Waals surface area contributed by atoms with Gasteiger partial charge in [-0.05, 0) is 25.7 Å². The monoisotopic (exact) mass is 398 g/mol. The fourth-order valence-electron chi connectivity index (χ4n) is 2.89. The Hall–Kier alpha value is 0.610. The van der Waals surface area contributed by atoms with E-state index in [4.69, 9.17) is 0 Å². The minimum absolute atomic E-state index is 0. The maximum Gasteiger partial charge on any atom is 1.00 e. The summed E-state index contributed by atoms with van der Waals surface area (Å²) in [4.78, 5) is 0. The molecule has 0 radical (unpaired) electrons. The van der Waals surface area contributed by atoms with Crippen molar-refractivity contribution in [2.45, 2.75) is 109 Å².